The molecule has 10 heteroatoms. The lowest BCUT2D eigenvalue weighted by atomic mass is 9.97. The summed E-state index contributed by atoms with van der Waals surface area (Å²) in [4.78, 5) is 47.1. The summed E-state index contributed by atoms with van der Waals surface area (Å²) in [5.41, 5.74) is 6.00. The van der Waals surface area contributed by atoms with Gasteiger partial charge in [0, 0.05) is 41.3 Å². The van der Waals surface area contributed by atoms with Crippen LogP contribution in [0.5, 0.6) is 0 Å². The summed E-state index contributed by atoms with van der Waals surface area (Å²) < 4.78 is 5.42. The molecule has 0 aliphatic rings. The SMILES string of the molecule is Cc1cc(-c2nccc(-c3cccc(NC(=O)c4ccc(CN(CCO)C(=O)OC(C)(C)C)cn4)c3C)c2Cl)ccc1C=O. The van der Waals surface area contributed by atoms with Gasteiger partial charge in [-0.05, 0) is 81.1 Å². The number of aldehydes is 1. The van der Waals surface area contributed by atoms with Crippen LogP contribution in [0.3, 0.4) is 0 Å². The minimum absolute atomic E-state index is 0.0991. The number of aliphatic hydroxyl groups is 1. The third-order valence-corrected chi connectivity index (χ3v) is 7.27. The maximum atomic E-state index is 13.2. The maximum absolute atomic E-state index is 13.2. The van der Waals surface area contributed by atoms with Crippen LogP contribution in [-0.4, -0.2) is 57.0 Å². The van der Waals surface area contributed by atoms with E-state index in [9.17, 15) is 19.5 Å². The van der Waals surface area contributed by atoms with Crippen LogP contribution in [-0.2, 0) is 11.3 Å². The zero-order valence-corrected chi connectivity index (χ0v) is 26.1. The Bertz CT molecular complexity index is 1680. The number of halogens is 1. The number of carbonyl (C=O) groups is 3. The van der Waals surface area contributed by atoms with E-state index in [0.29, 0.717) is 27.5 Å². The van der Waals surface area contributed by atoms with Crippen LogP contribution in [0.15, 0.2) is 67.0 Å². The Labute approximate surface area is 261 Å². The second kappa shape index (κ2) is 13.8. The molecular formula is C34H35ClN4O5. The molecule has 44 heavy (non-hydrogen) atoms. The van der Waals surface area contributed by atoms with Crippen molar-refractivity contribution in [2.45, 2.75) is 46.8 Å². The van der Waals surface area contributed by atoms with Gasteiger partial charge in [-0.25, -0.2) is 4.79 Å². The van der Waals surface area contributed by atoms with Gasteiger partial charge < -0.3 is 20.1 Å². The first-order chi connectivity index (χ1) is 20.9. The minimum atomic E-state index is -0.672. The van der Waals surface area contributed by atoms with Crippen molar-refractivity contribution in [2.24, 2.45) is 0 Å². The van der Waals surface area contributed by atoms with Crippen LogP contribution in [0.2, 0.25) is 5.02 Å². The lowest BCUT2D eigenvalue weighted by Gasteiger charge is -2.27. The third kappa shape index (κ3) is 7.67. The highest BCUT2D eigenvalue weighted by Gasteiger charge is 2.22. The van der Waals surface area contributed by atoms with Crippen molar-refractivity contribution in [1.29, 1.82) is 0 Å². The molecule has 0 fully saturated rings. The normalized spacial score (nSPS) is 11.2. The molecule has 4 aromatic rings. The molecule has 0 aliphatic heterocycles. The predicted molar refractivity (Wildman–Crippen MR) is 171 cm³/mol. The number of hydrogen-bond donors (Lipinski definition) is 2. The molecule has 0 aliphatic carbocycles. The van der Waals surface area contributed by atoms with E-state index in [1.165, 1.54) is 11.1 Å². The topological polar surface area (TPSA) is 122 Å². The Kier molecular flexibility index (Phi) is 10.1. The average molecular weight is 615 g/mol. The van der Waals surface area contributed by atoms with Gasteiger partial charge in [0.1, 0.15) is 17.6 Å². The highest BCUT2D eigenvalue weighted by Crippen LogP contribution is 2.38. The fourth-order valence-electron chi connectivity index (χ4n) is 4.61. The molecule has 2 N–H and O–H groups in total. The number of ether oxygens (including phenoxy) is 1. The van der Waals surface area contributed by atoms with Crippen molar-refractivity contribution >= 4 is 35.6 Å². The number of aliphatic hydroxyl groups excluding tert-OH is 1. The quantitative estimate of drug-likeness (QED) is 0.197. The second-order valence-electron chi connectivity index (χ2n) is 11.3. The number of aromatic nitrogens is 2. The Balaban J connectivity index is 1.53. The largest absolute Gasteiger partial charge is 0.444 e. The molecule has 0 spiro atoms. The number of benzene rings is 2. The van der Waals surface area contributed by atoms with Crippen LogP contribution in [0.25, 0.3) is 22.4 Å². The van der Waals surface area contributed by atoms with Crippen molar-refractivity contribution in [2.75, 3.05) is 18.5 Å². The molecule has 228 valence electrons. The maximum Gasteiger partial charge on any atom is 0.410 e. The van der Waals surface area contributed by atoms with Gasteiger partial charge in [0.2, 0.25) is 0 Å². The molecule has 2 heterocycles. The highest BCUT2D eigenvalue weighted by atomic mass is 35.5. The van der Waals surface area contributed by atoms with Gasteiger partial charge >= 0.3 is 6.09 Å². The number of pyridine rings is 2. The lowest BCUT2D eigenvalue weighted by molar-refractivity contribution is 0.0201. The number of hydrogen-bond acceptors (Lipinski definition) is 7. The molecule has 0 bridgehead atoms. The molecule has 0 radical (unpaired) electrons. The summed E-state index contributed by atoms with van der Waals surface area (Å²) >= 11 is 6.88. The standard InChI is InChI=1S/C34H35ClN4O5/c1-21-17-24(10-11-25(21)20-41)31-30(35)27(13-14-36-31)26-7-6-8-28(22(26)2)38-32(42)29-12-9-23(18-37-29)19-39(15-16-40)33(43)44-34(3,4)5/h6-14,17-18,20,40H,15-16,19H2,1-5H3,(H,38,42). The summed E-state index contributed by atoms with van der Waals surface area (Å²) in [5.74, 6) is -0.400. The summed E-state index contributed by atoms with van der Waals surface area (Å²) in [6.07, 6.45) is 3.47. The number of nitrogens with one attached hydrogen (secondary N) is 1. The van der Waals surface area contributed by atoms with Crippen molar-refractivity contribution in [3.63, 3.8) is 0 Å². The Morgan fingerprint density at radius 1 is 1.05 bits per heavy atom. The van der Waals surface area contributed by atoms with E-state index >= 15 is 0 Å². The molecule has 0 atom stereocenters. The van der Waals surface area contributed by atoms with E-state index in [0.717, 1.165) is 34.1 Å². The van der Waals surface area contributed by atoms with E-state index in [1.807, 2.05) is 44.2 Å². The predicted octanol–water partition coefficient (Wildman–Crippen LogP) is 6.88. The monoisotopic (exact) mass is 614 g/mol. The Morgan fingerprint density at radius 2 is 1.82 bits per heavy atom. The molecule has 2 aromatic carbocycles. The van der Waals surface area contributed by atoms with E-state index in [2.05, 4.69) is 15.3 Å². The number of rotatable bonds is 9. The number of carbonyl (C=O) groups excluding carboxylic acids is 3. The Morgan fingerprint density at radius 3 is 2.45 bits per heavy atom. The molecule has 2 aromatic heterocycles. The van der Waals surface area contributed by atoms with Crippen LogP contribution in [0, 0.1) is 13.8 Å². The lowest BCUT2D eigenvalue weighted by Crippen LogP contribution is -2.38. The van der Waals surface area contributed by atoms with E-state index in [-0.39, 0.29) is 25.4 Å². The number of amides is 2. The van der Waals surface area contributed by atoms with Gasteiger partial charge in [-0.3, -0.25) is 19.6 Å². The second-order valence-corrected chi connectivity index (χ2v) is 11.7. The number of anilines is 1. The van der Waals surface area contributed by atoms with Gasteiger partial charge in [0.15, 0.2) is 0 Å². The fraction of sp³-hybridized carbons (Fsp3) is 0.265. The van der Waals surface area contributed by atoms with E-state index < -0.39 is 17.6 Å². The molecular weight excluding hydrogens is 580 g/mol. The molecule has 0 unspecified atom stereocenters. The van der Waals surface area contributed by atoms with Crippen molar-refractivity contribution < 1.29 is 24.2 Å². The van der Waals surface area contributed by atoms with Crippen molar-refractivity contribution in [3.05, 3.63) is 100.0 Å². The summed E-state index contributed by atoms with van der Waals surface area (Å²) in [7, 11) is 0. The zero-order valence-electron chi connectivity index (χ0n) is 25.3. The van der Waals surface area contributed by atoms with Gasteiger partial charge in [-0.2, -0.15) is 0 Å². The van der Waals surface area contributed by atoms with Crippen LogP contribution < -0.4 is 5.32 Å². The Hall–Kier alpha value is -4.60. The molecule has 9 nitrogen and oxygen atoms in total. The van der Waals surface area contributed by atoms with Crippen molar-refractivity contribution in [3.8, 4) is 22.4 Å². The van der Waals surface area contributed by atoms with Crippen molar-refractivity contribution in [1.82, 2.24) is 14.9 Å². The molecule has 4 rings (SSSR count). The van der Waals surface area contributed by atoms with Gasteiger partial charge in [-0.1, -0.05) is 41.9 Å². The van der Waals surface area contributed by atoms with Crippen LogP contribution in [0.4, 0.5) is 10.5 Å². The first kappa shape index (κ1) is 32.3. The minimum Gasteiger partial charge on any atom is -0.444 e. The summed E-state index contributed by atoms with van der Waals surface area (Å²) in [6, 6.07) is 16.1. The summed E-state index contributed by atoms with van der Waals surface area (Å²) in [6.45, 7) is 9.12. The fourth-order valence-corrected chi connectivity index (χ4v) is 4.93. The van der Waals surface area contributed by atoms with E-state index in [1.54, 1.807) is 51.2 Å². The smallest absolute Gasteiger partial charge is 0.410 e. The first-order valence-corrected chi connectivity index (χ1v) is 14.5. The van der Waals surface area contributed by atoms with Gasteiger partial charge in [-0.15, -0.1) is 0 Å². The third-order valence-electron chi connectivity index (χ3n) is 6.88. The number of aryl methyl sites for hydroxylation is 1. The molecule has 2 amide bonds. The van der Waals surface area contributed by atoms with Crippen LogP contribution in [0.1, 0.15) is 58.3 Å². The average Bonchev–Trinajstić information content (AvgIpc) is 2.98. The zero-order chi connectivity index (χ0) is 32.0. The van der Waals surface area contributed by atoms with Crippen LogP contribution >= 0.6 is 11.6 Å². The van der Waals surface area contributed by atoms with Gasteiger partial charge in [0.25, 0.3) is 5.91 Å². The van der Waals surface area contributed by atoms with Gasteiger partial charge in [0.05, 0.1) is 23.9 Å². The molecule has 0 saturated carbocycles. The van der Waals surface area contributed by atoms with E-state index in [4.69, 9.17) is 16.3 Å². The first-order valence-electron chi connectivity index (χ1n) is 14.1. The molecule has 0 saturated heterocycles. The summed E-state index contributed by atoms with van der Waals surface area (Å²) in [5, 5.41) is 12.8. The number of nitrogens with zero attached hydrogens (tertiary/aromatic N) is 3. The highest BCUT2D eigenvalue weighted by molar-refractivity contribution is 6.35.